The fourth-order valence-corrected chi connectivity index (χ4v) is 2.50. The fraction of sp³-hybridized carbons (Fsp3) is 0.750. The Morgan fingerprint density at radius 3 is 3.14 bits per heavy atom. The van der Waals surface area contributed by atoms with Crippen LogP contribution in [0.3, 0.4) is 0 Å². The summed E-state index contributed by atoms with van der Waals surface area (Å²) >= 11 is 0. The Morgan fingerprint density at radius 1 is 1.50 bits per heavy atom. The van der Waals surface area contributed by atoms with Gasteiger partial charge in [-0.2, -0.15) is 0 Å². The summed E-state index contributed by atoms with van der Waals surface area (Å²) in [6.45, 7) is 2.39. The van der Waals surface area contributed by atoms with Crippen LogP contribution in [-0.2, 0) is 9.53 Å². The molecular weight excluding hydrogens is 176 g/mol. The van der Waals surface area contributed by atoms with Crippen molar-refractivity contribution < 1.29 is 9.53 Å². The first-order valence-electron chi connectivity index (χ1n) is 5.68. The summed E-state index contributed by atoms with van der Waals surface area (Å²) in [7, 11) is 0. The van der Waals surface area contributed by atoms with Crippen molar-refractivity contribution in [3.05, 3.63) is 12.2 Å². The molecule has 0 spiro atoms. The normalized spacial score (nSPS) is 35.4. The highest BCUT2D eigenvalue weighted by atomic mass is 16.5. The van der Waals surface area contributed by atoms with E-state index in [1.165, 1.54) is 25.7 Å². The molecule has 0 amide bonds. The van der Waals surface area contributed by atoms with Crippen LogP contribution in [-0.4, -0.2) is 12.6 Å². The number of ether oxygens (including phenoxy) is 1. The lowest BCUT2D eigenvalue weighted by Crippen LogP contribution is -2.08. The summed E-state index contributed by atoms with van der Waals surface area (Å²) in [6, 6.07) is 0. The van der Waals surface area contributed by atoms with Crippen molar-refractivity contribution in [1.29, 1.82) is 0 Å². The summed E-state index contributed by atoms with van der Waals surface area (Å²) in [5, 5.41) is 0. The van der Waals surface area contributed by atoms with Crippen molar-refractivity contribution in [1.82, 2.24) is 0 Å². The van der Waals surface area contributed by atoms with Crippen LogP contribution in [0.1, 0.15) is 32.6 Å². The predicted octanol–water partition coefficient (Wildman–Crippen LogP) is 2.54. The Morgan fingerprint density at radius 2 is 2.36 bits per heavy atom. The molecule has 1 saturated carbocycles. The second-order valence-electron chi connectivity index (χ2n) is 4.23. The van der Waals surface area contributed by atoms with E-state index in [-0.39, 0.29) is 11.9 Å². The Hall–Kier alpha value is -0.790. The number of hydrogen-bond donors (Lipinski definition) is 0. The Balaban J connectivity index is 1.94. The van der Waals surface area contributed by atoms with Crippen molar-refractivity contribution in [2.24, 2.45) is 17.8 Å². The van der Waals surface area contributed by atoms with Crippen LogP contribution in [0.4, 0.5) is 0 Å². The van der Waals surface area contributed by atoms with Gasteiger partial charge in [0.2, 0.25) is 0 Å². The van der Waals surface area contributed by atoms with Crippen LogP contribution in [0.15, 0.2) is 12.2 Å². The third-order valence-electron chi connectivity index (χ3n) is 3.30. The highest BCUT2D eigenvalue weighted by Gasteiger charge is 2.53. The third-order valence-corrected chi connectivity index (χ3v) is 3.30. The van der Waals surface area contributed by atoms with E-state index in [9.17, 15) is 4.79 Å². The number of rotatable bonds is 2. The fourth-order valence-electron chi connectivity index (χ4n) is 2.50. The minimum absolute atomic E-state index is 0.0223. The minimum Gasteiger partial charge on any atom is -0.466 e. The molecule has 0 aromatic rings. The van der Waals surface area contributed by atoms with E-state index >= 15 is 0 Å². The second-order valence-corrected chi connectivity index (χ2v) is 4.23. The van der Waals surface area contributed by atoms with Gasteiger partial charge in [0.05, 0.1) is 12.5 Å². The average molecular weight is 194 g/mol. The molecule has 2 aliphatic rings. The number of hydrogen-bond acceptors (Lipinski definition) is 2. The van der Waals surface area contributed by atoms with Crippen molar-refractivity contribution in [3.63, 3.8) is 0 Å². The van der Waals surface area contributed by atoms with Gasteiger partial charge in [-0.05, 0) is 38.0 Å². The van der Waals surface area contributed by atoms with E-state index in [4.69, 9.17) is 4.74 Å². The first-order valence-corrected chi connectivity index (χ1v) is 5.68. The molecule has 0 aromatic carbocycles. The first-order chi connectivity index (χ1) is 6.84. The number of fused-ring (bicyclic) bond motifs is 1. The van der Waals surface area contributed by atoms with E-state index < -0.39 is 0 Å². The maximum Gasteiger partial charge on any atom is 0.309 e. The third kappa shape index (κ3) is 1.84. The zero-order valence-corrected chi connectivity index (χ0v) is 8.74. The first kappa shape index (κ1) is 9.75. The van der Waals surface area contributed by atoms with Gasteiger partial charge in [-0.1, -0.05) is 18.6 Å². The lowest BCUT2D eigenvalue weighted by molar-refractivity contribution is -0.145. The molecule has 78 valence electrons. The second kappa shape index (κ2) is 4.16. The lowest BCUT2D eigenvalue weighted by atomic mass is 10.1. The van der Waals surface area contributed by atoms with Crippen LogP contribution < -0.4 is 0 Å². The molecular formula is C12H18O2. The lowest BCUT2D eigenvalue weighted by Gasteiger charge is -2.00. The molecule has 0 bridgehead atoms. The Labute approximate surface area is 85.3 Å². The van der Waals surface area contributed by atoms with Crippen molar-refractivity contribution in [2.45, 2.75) is 32.6 Å². The molecule has 0 aliphatic heterocycles. The van der Waals surface area contributed by atoms with Crippen molar-refractivity contribution >= 4 is 5.97 Å². The maximum absolute atomic E-state index is 11.5. The molecule has 0 aromatic heterocycles. The van der Waals surface area contributed by atoms with E-state index in [0.717, 1.165) is 0 Å². The molecule has 2 aliphatic carbocycles. The van der Waals surface area contributed by atoms with Crippen LogP contribution in [0, 0.1) is 17.8 Å². The standard InChI is InChI=1S/C12H18O2/c1-2-14-12(13)11-9-7-5-3-4-6-8-10(9)11/h5,7,9-11H,2-4,6,8H2,1H3/t9-,10+,11-/m0/s1. The smallest absolute Gasteiger partial charge is 0.309 e. The van der Waals surface area contributed by atoms with Gasteiger partial charge >= 0.3 is 5.97 Å². The molecule has 0 unspecified atom stereocenters. The minimum atomic E-state index is 0.0223. The highest BCUT2D eigenvalue weighted by molar-refractivity contribution is 5.77. The average Bonchev–Trinajstić information content (AvgIpc) is 2.77. The van der Waals surface area contributed by atoms with Crippen molar-refractivity contribution in [2.75, 3.05) is 6.61 Å². The molecule has 2 rings (SSSR count). The van der Waals surface area contributed by atoms with Gasteiger partial charge in [0.25, 0.3) is 0 Å². The van der Waals surface area contributed by atoms with E-state index in [2.05, 4.69) is 12.2 Å². The summed E-state index contributed by atoms with van der Waals surface area (Å²) in [6.07, 6.45) is 9.38. The topological polar surface area (TPSA) is 26.3 Å². The van der Waals surface area contributed by atoms with Gasteiger partial charge in [-0.3, -0.25) is 4.79 Å². The summed E-state index contributed by atoms with van der Waals surface area (Å²) in [5.41, 5.74) is 0. The molecule has 0 radical (unpaired) electrons. The Kier molecular flexibility index (Phi) is 2.90. The van der Waals surface area contributed by atoms with Gasteiger partial charge in [-0.15, -0.1) is 0 Å². The van der Waals surface area contributed by atoms with Crippen LogP contribution in [0.2, 0.25) is 0 Å². The van der Waals surface area contributed by atoms with Crippen LogP contribution >= 0.6 is 0 Å². The monoisotopic (exact) mass is 194 g/mol. The molecule has 1 fully saturated rings. The maximum atomic E-state index is 11.5. The highest BCUT2D eigenvalue weighted by Crippen LogP contribution is 2.51. The zero-order valence-electron chi connectivity index (χ0n) is 8.74. The number of carbonyl (C=O) groups excluding carboxylic acids is 1. The van der Waals surface area contributed by atoms with Crippen LogP contribution in [0.25, 0.3) is 0 Å². The van der Waals surface area contributed by atoms with Gasteiger partial charge in [0.15, 0.2) is 0 Å². The van der Waals surface area contributed by atoms with Gasteiger partial charge in [0, 0.05) is 0 Å². The van der Waals surface area contributed by atoms with E-state index in [1.807, 2.05) is 6.92 Å². The van der Waals surface area contributed by atoms with Gasteiger partial charge in [0.1, 0.15) is 0 Å². The Bertz CT molecular complexity index is 245. The molecule has 0 heterocycles. The van der Waals surface area contributed by atoms with Crippen LogP contribution in [0.5, 0.6) is 0 Å². The van der Waals surface area contributed by atoms with E-state index in [1.54, 1.807) is 0 Å². The number of esters is 1. The number of allylic oxidation sites excluding steroid dienone is 2. The number of carbonyl (C=O) groups is 1. The summed E-state index contributed by atoms with van der Waals surface area (Å²) in [5.74, 6) is 1.29. The molecule has 2 heteroatoms. The summed E-state index contributed by atoms with van der Waals surface area (Å²) in [4.78, 5) is 11.5. The largest absolute Gasteiger partial charge is 0.466 e. The van der Waals surface area contributed by atoms with Gasteiger partial charge in [-0.25, -0.2) is 0 Å². The van der Waals surface area contributed by atoms with Gasteiger partial charge < -0.3 is 4.74 Å². The molecule has 0 N–H and O–H groups in total. The molecule has 0 saturated heterocycles. The SMILES string of the molecule is CCOC(=O)[C@H]1[C@H]2C=CCCCC[C@H]21. The molecule has 14 heavy (non-hydrogen) atoms. The molecule has 2 nitrogen and oxygen atoms in total. The summed E-state index contributed by atoms with van der Waals surface area (Å²) < 4.78 is 5.07. The molecule has 3 atom stereocenters. The van der Waals surface area contributed by atoms with Crippen molar-refractivity contribution in [3.8, 4) is 0 Å². The zero-order chi connectivity index (χ0) is 9.97. The van der Waals surface area contributed by atoms with E-state index in [0.29, 0.717) is 18.4 Å². The predicted molar refractivity (Wildman–Crippen MR) is 54.7 cm³/mol. The quantitative estimate of drug-likeness (QED) is 0.499.